The van der Waals surface area contributed by atoms with Crippen molar-refractivity contribution < 1.29 is 0 Å². The number of anilines is 2. The summed E-state index contributed by atoms with van der Waals surface area (Å²) in [5.41, 5.74) is 20.2. The van der Waals surface area contributed by atoms with E-state index in [2.05, 4.69) is 124 Å². The lowest BCUT2D eigenvalue weighted by molar-refractivity contribution is 0.0722. The monoisotopic (exact) mass is 1070 g/mol. The molecule has 2 heteroatoms. The molecule has 5 atom stereocenters. The molecule has 4 aromatic carbocycles. The van der Waals surface area contributed by atoms with E-state index in [1.807, 2.05) is 16.7 Å². The van der Waals surface area contributed by atoms with Crippen LogP contribution in [0.4, 0.5) is 11.4 Å². The van der Waals surface area contributed by atoms with Gasteiger partial charge in [-0.15, -0.1) is 0 Å². The zero-order valence-corrected chi connectivity index (χ0v) is 51.8. The van der Waals surface area contributed by atoms with Gasteiger partial charge in [-0.05, 0) is 194 Å². The molecular formula is C77H114N2. The van der Waals surface area contributed by atoms with Gasteiger partial charge < -0.3 is 9.80 Å². The first-order valence-corrected chi connectivity index (χ1v) is 35.0. The van der Waals surface area contributed by atoms with E-state index in [0.29, 0.717) is 41.9 Å². The van der Waals surface area contributed by atoms with Crippen molar-refractivity contribution >= 4 is 11.4 Å². The molecule has 0 bridgehead atoms. The van der Waals surface area contributed by atoms with Crippen LogP contribution in [0.15, 0.2) is 72.8 Å². The normalized spacial score (nSPS) is 23.9. The molecule has 5 unspecified atom stereocenters. The highest BCUT2D eigenvalue weighted by molar-refractivity contribution is 5.96. The second-order valence-electron chi connectivity index (χ2n) is 27.4. The summed E-state index contributed by atoms with van der Waals surface area (Å²) >= 11 is 0. The Hall–Kier alpha value is -3.52. The zero-order chi connectivity index (χ0) is 54.5. The molecule has 10 rings (SSSR count). The van der Waals surface area contributed by atoms with Crippen molar-refractivity contribution in [1.82, 2.24) is 0 Å². The van der Waals surface area contributed by atoms with Crippen LogP contribution in [-0.4, -0.2) is 24.2 Å². The molecule has 0 amide bonds. The third-order valence-electron chi connectivity index (χ3n) is 22.5. The van der Waals surface area contributed by atoms with Crippen molar-refractivity contribution in [3.05, 3.63) is 106 Å². The number of para-hydroxylation sites is 1. The van der Waals surface area contributed by atoms with Gasteiger partial charge in [0.05, 0.1) is 0 Å². The first kappa shape index (κ1) is 58.7. The van der Waals surface area contributed by atoms with E-state index in [4.69, 9.17) is 0 Å². The molecule has 0 aliphatic heterocycles. The van der Waals surface area contributed by atoms with E-state index in [1.54, 1.807) is 44.8 Å². The van der Waals surface area contributed by atoms with Crippen LogP contribution in [0.1, 0.15) is 299 Å². The highest BCUT2D eigenvalue weighted by Crippen LogP contribution is 2.58. The van der Waals surface area contributed by atoms with Gasteiger partial charge >= 0.3 is 0 Å². The van der Waals surface area contributed by atoms with Gasteiger partial charge in [0.15, 0.2) is 0 Å². The fraction of sp³-hybridized carbons (Fsp3) is 0.688. The predicted octanol–water partition coefficient (Wildman–Crippen LogP) is 22.7. The SMILES string of the molecule is CCCCCC(C)N(c1cc(C2CCCCC2)cc(-c2c(CCC)c(CC)c(C3CC(C4CCCCC4)CC(N(c4ccccc4)C4CCCCC4)C3C3CCCCC3)c(CCC)c2CC)c1-c1ccccc1)C1CCCCC1. The standard InChI is InChI=1S/C77H114N2/c1-7-12-20-37-56(6)78(63-46-29-17-30-47-63)72-54-61(57-38-21-13-22-39-57)52-70(74(72)59-42-25-15-26-43-59)76-66(10-4)69(36-9-3)77(67(11-5)68(76)35-8-2)71-53-62(58-40-23-14-24-41-58)55-73(75(71)60-44-27-16-28-45-60)79(64-48-31-18-32-49-64)65-50-33-19-34-51-65/h15,18,25-26,31-32,42-43,48-49,52,54,56-58,60,62-63,65,71,73,75H,7-14,16-17,19-24,27-30,33-41,44-47,50-51,53,55H2,1-6H3. The molecule has 6 aliphatic carbocycles. The van der Waals surface area contributed by atoms with Gasteiger partial charge in [0.2, 0.25) is 0 Å². The summed E-state index contributed by atoms with van der Waals surface area (Å²) in [6.07, 6.45) is 50.2. The van der Waals surface area contributed by atoms with Crippen molar-refractivity contribution in [2.45, 2.75) is 315 Å². The van der Waals surface area contributed by atoms with Crippen molar-refractivity contribution in [3.8, 4) is 22.3 Å². The first-order valence-electron chi connectivity index (χ1n) is 35.0. The van der Waals surface area contributed by atoms with Gasteiger partial charge in [-0.3, -0.25) is 0 Å². The largest absolute Gasteiger partial charge is 0.365 e. The molecule has 0 radical (unpaired) electrons. The summed E-state index contributed by atoms with van der Waals surface area (Å²) < 4.78 is 0. The highest BCUT2D eigenvalue weighted by Gasteiger charge is 2.49. The van der Waals surface area contributed by atoms with Gasteiger partial charge in [0.1, 0.15) is 0 Å². The molecule has 0 spiro atoms. The van der Waals surface area contributed by atoms with E-state index < -0.39 is 0 Å². The molecule has 0 heterocycles. The Kier molecular flexibility index (Phi) is 21.6. The predicted molar refractivity (Wildman–Crippen MR) is 345 cm³/mol. The minimum Gasteiger partial charge on any atom is -0.365 e. The third kappa shape index (κ3) is 13.3. The molecule has 6 saturated carbocycles. The Bertz CT molecular complexity index is 2440. The Labute approximate surface area is 485 Å². The Morgan fingerprint density at radius 2 is 1.04 bits per heavy atom. The van der Waals surface area contributed by atoms with Crippen molar-refractivity contribution in [3.63, 3.8) is 0 Å². The Balaban J connectivity index is 1.27. The summed E-state index contributed by atoms with van der Waals surface area (Å²) in [5, 5.41) is 0. The van der Waals surface area contributed by atoms with E-state index >= 15 is 0 Å². The molecule has 0 saturated heterocycles. The highest BCUT2D eigenvalue weighted by atomic mass is 15.2. The van der Waals surface area contributed by atoms with Crippen LogP contribution in [0, 0.1) is 23.7 Å². The van der Waals surface area contributed by atoms with Crippen LogP contribution in [0.5, 0.6) is 0 Å². The summed E-state index contributed by atoms with van der Waals surface area (Å²) in [4.78, 5) is 6.31. The van der Waals surface area contributed by atoms with Gasteiger partial charge in [-0.2, -0.15) is 0 Å². The molecule has 6 fully saturated rings. The van der Waals surface area contributed by atoms with E-state index in [1.165, 1.54) is 230 Å². The number of benzene rings is 4. The van der Waals surface area contributed by atoms with Crippen LogP contribution in [-0.2, 0) is 25.7 Å². The maximum absolute atomic E-state index is 3.21. The summed E-state index contributed by atoms with van der Waals surface area (Å²) in [5.74, 6) is 4.41. The van der Waals surface area contributed by atoms with Crippen LogP contribution in [0.2, 0.25) is 0 Å². The lowest BCUT2D eigenvalue weighted by Crippen LogP contribution is -2.55. The summed E-state index contributed by atoms with van der Waals surface area (Å²) in [6, 6.07) is 32.3. The minimum absolute atomic E-state index is 0.508. The van der Waals surface area contributed by atoms with E-state index in [0.717, 1.165) is 30.6 Å². The van der Waals surface area contributed by atoms with Gasteiger partial charge in [0, 0.05) is 41.1 Å². The fourth-order valence-electron chi connectivity index (χ4n) is 18.9. The minimum atomic E-state index is 0.508. The van der Waals surface area contributed by atoms with Crippen molar-refractivity contribution in [2.24, 2.45) is 23.7 Å². The van der Waals surface area contributed by atoms with E-state index in [-0.39, 0.29) is 0 Å². The van der Waals surface area contributed by atoms with Gasteiger partial charge in [0.25, 0.3) is 0 Å². The van der Waals surface area contributed by atoms with Crippen LogP contribution < -0.4 is 9.80 Å². The van der Waals surface area contributed by atoms with Gasteiger partial charge in [-0.25, -0.2) is 0 Å². The van der Waals surface area contributed by atoms with Crippen LogP contribution in [0.3, 0.4) is 0 Å². The smallest absolute Gasteiger partial charge is 0.0460 e. The topological polar surface area (TPSA) is 6.48 Å². The fourth-order valence-corrected chi connectivity index (χ4v) is 18.9. The molecule has 4 aromatic rings. The maximum atomic E-state index is 3.21. The number of nitrogens with zero attached hydrogens (tertiary/aromatic N) is 2. The first-order chi connectivity index (χ1) is 39.0. The summed E-state index contributed by atoms with van der Waals surface area (Å²) in [6.45, 7) is 15.3. The lowest BCUT2D eigenvalue weighted by atomic mass is 9.56. The maximum Gasteiger partial charge on any atom is 0.0460 e. The molecule has 432 valence electrons. The molecule has 0 N–H and O–H groups in total. The quantitative estimate of drug-likeness (QED) is 0.0724. The van der Waals surface area contributed by atoms with Gasteiger partial charge in [-0.1, -0.05) is 243 Å². The molecule has 79 heavy (non-hydrogen) atoms. The number of unbranched alkanes of at least 4 members (excludes halogenated alkanes) is 2. The average molecular weight is 1070 g/mol. The summed E-state index contributed by atoms with van der Waals surface area (Å²) in [7, 11) is 0. The van der Waals surface area contributed by atoms with Crippen LogP contribution >= 0.6 is 0 Å². The Morgan fingerprint density at radius 3 is 1.63 bits per heavy atom. The van der Waals surface area contributed by atoms with Crippen LogP contribution in [0.25, 0.3) is 22.3 Å². The second kappa shape index (κ2) is 29.1. The molecular weight excluding hydrogens is 953 g/mol. The zero-order valence-electron chi connectivity index (χ0n) is 51.8. The second-order valence-corrected chi connectivity index (χ2v) is 27.4. The van der Waals surface area contributed by atoms with Crippen molar-refractivity contribution in [2.75, 3.05) is 9.80 Å². The number of hydrogen-bond acceptors (Lipinski definition) is 2. The molecule has 0 aromatic heterocycles. The van der Waals surface area contributed by atoms with Crippen molar-refractivity contribution in [1.29, 1.82) is 0 Å². The van der Waals surface area contributed by atoms with E-state index in [9.17, 15) is 0 Å². The molecule has 2 nitrogen and oxygen atoms in total. The number of hydrogen-bond donors (Lipinski definition) is 0. The Morgan fingerprint density at radius 1 is 0.481 bits per heavy atom. The average Bonchev–Trinajstić information content (AvgIpc) is 3.52. The third-order valence-corrected chi connectivity index (χ3v) is 22.5. The lowest BCUT2D eigenvalue weighted by Gasteiger charge is -2.55. The molecule has 6 aliphatic rings. The number of rotatable bonds is 22.